The molecule has 0 radical (unpaired) electrons. The van der Waals surface area contributed by atoms with Crippen LogP contribution in [0.3, 0.4) is 0 Å². The Morgan fingerprint density at radius 3 is 2.50 bits per heavy atom. The van der Waals surface area contributed by atoms with Crippen LogP contribution in [0, 0.1) is 5.92 Å². The van der Waals surface area contributed by atoms with Crippen molar-refractivity contribution in [1.82, 2.24) is 5.32 Å². The average Bonchev–Trinajstić information content (AvgIpc) is 2.49. The van der Waals surface area contributed by atoms with Crippen LogP contribution in [-0.4, -0.2) is 18.5 Å². The summed E-state index contributed by atoms with van der Waals surface area (Å²) in [5.41, 5.74) is 6.64. The summed E-state index contributed by atoms with van der Waals surface area (Å²) in [5, 5.41) is 3.85. The van der Waals surface area contributed by atoms with E-state index in [4.69, 9.17) is 17.3 Å². The number of carbonyl (C=O) groups excluding carboxylic acids is 1. The Balaban J connectivity index is 2.04. The lowest BCUT2D eigenvalue weighted by Crippen LogP contribution is -2.45. The van der Waals surface area contributed by atoms with Crippen LogP contribution in [0.15, 0.2) is 24.3 Å². The lowest BCUT2D eigenvalue weighted by atomic mass is 9.81. The van der Waals surface area contributed by atoms with Crippen molar-refractivity contribution in [3.63, 3.8) is 0 Å². The average molecular weight is 295 g/mol. The molecule has 110 valence electrons. The summed E-state index contributed by atoms with van der Waals surface area (Å²) in [6, 6.07) is 8.06. The van der Waals surface area contributed by atoms with Crippen LogP contribution in [0.4, 0.5) is 0 Å². The highest BCUT2D eigenvalue weighted by Gasteiger charge is 2.24. The Morgan fingerprint density at radius 2 is 1.90 bits per heavy atom. The molecule has 1 amide bonds. The maximum atomic E-state index is 11.7. The lowest BCUT2D eigenvalue weighted by Gasteiger charge is -2.31. The van der Waals surface area contributed by atoms with Gasteiger partial charge in [-0.3, -0.25) is 4.79 Å². The molecule has 3 N–H and O–H groups in total. The van der Waals surface area contributed by atoms with Gasteiger partial charge in [-0.2, -0.15) is 0 Å². The van der Waals surface area contributed by atoms with Gasteiger partial charge in [0.15, 0.2) is 0 Å². The maximum Gasteiger partial charge on any atom is 0.233 e. The van der Waals surface area contributed by atoms with E-state index < -0.39 is 0 Å². The first-order chi connectivity index (χ1) is 9.69. The first kappa shape index (κ1) is 15.3. The molecule has 1 saturated carbocycles. The van der Waals surface area contributed by atoms with Gasteiger partial charge in [-0.15, -0.1) is 0 Å². The fourth-order valence-electron chi connectivity index (χ4n) is 3.01. The number of halogens is 1. The third kappa shape index (κ3) is 4.50. The summed E-state index contributed by atoms with van der Waals surface area (Å²) >= 11 is 5.92. The van der Waals surface area contributed by atoms with Crippen molar-refractivity contribution < 1.29 is 4.79 Å². The van der Waals surface area contributed by atoms with Crippen molar-refractivity contribution in [2.75, 3.05) is 6.54 Å². The van der Waals surface area contributed by atoms with Crippen molar-refractivity contribution >= 4 is 17.5 Å². The molecule has 1 atom stereocenters. The smallest absolute Gasteiger partial charge is 0.233 e. The van der Waals surface area contributed by atoms with Crippen molar-refractivity contribution in [2.24, 2.45) is 11.7 Å². The second kappa shape index (κ2) is 7.65. The molecule has 20 heavy (non-hydrogen) atoms. The molecule has 0 aromatic heterocycles. The first-order valence-electron chi connectivity index (χ1n) is 7.43. The molecule has 2 rings (SSSR count). The monoisotopic (exact) mass is 294 g/mol. The van der Waals surface area contributed by atoms with Gasteiger partial charge in [0.1, 0.15) is 0 Å². The highest BCUT2D eigenvalue weighted by molar-refractivity contribution is 6.30. The SMILES string of the molecule is NCC(=O)NC(Cc1ccc(Cl)cc1)C1CCCCC1. The van der Waals surface area contributed by atoms with Gasteiger partial charge in [-0.25, -0.2) is 0 Å². The number of carbonyl (C=O) groups is 1. The number of hydrogen-bond donors (Lipinski definition) is 2. The van der Waals surface area contributed by atoms with Crippen LogP contribution in [0.2, 0.25) is 5.02 Å². The molecule has 0 heterocycles. The third-order valence-corrected chi connectivity index (χ3v) is 4.37. The van der Waals surface area contributed by atoms with E-state index in [1.165, 1.54) is 37.7 Å². The van der Waals surface area contributed by atoms with E-state index in [-0.39, 0.29) is 18.5 Å². The van der Waals surface area contributed by atoms with Crippen LogP contribution >= 0.6 is 11.6 Å². The van der Waals surface area contributed by atoms with Gasteiger partial charge in [0.25, 0.3) is 0 Å². The molecule has 0 bridgehead atoms. The zero-order chi connectivity index (χ0) is 14.4. The van der Waals surface area contributed by atoms with Crippen molar-refractivity contribution in [2.45, 2.75) is 44.6 Å². The van der Waals surface area contributed by atoms with Gasteiger partial charge in [-0.1, -0.05) is 43.0 Å². The molecule has 1 aromatic rings. The molecule has 4 heteroatoms. The van der Waals surface area contributed by atoms with E-state index in [2.05, 4.69) is 5.32 Å². The van der Waals surface area contributed by atoms with Crippen LogP contribution in [-0.2, 0) is 11.2 Å². The molecule has 0 spiro atoms. The Morgan fingerprint density at radius 1 is 1.25 bits per heavy atom. The van der Waals surface area contributed by atoms with Crippen molar-refractivity contribution in [3.8, 4) is 0 Å². The van der Waals surface area contributed by atoms with Crippen molar-refractivity contribution in [1.29, 1.82) is 0 Å². The largest absolute Gasteiger partial charge is 0.352 e. The van der Waals surface area contributed by atoms with Gasteiger partial charge >= 0.3 is 0 Å². The molecule has 1 aromatic carbocycles. The molecule has 1 aliphatic rings. The molecule has 1 fully saturated rings. The fraction of sp³-hybridized carbons (Fsp3) is 0.562. The Bertz CT molecular complexity index is 427. The number of rotatable bonds is 5. The van der Waals surface area contributed by atoms with E-state index in [1.807, 2.05) is 24.3 Å². The second-order valence-electron chi connectivity index (χ2n) is 5.61. The molecule has 3 nitrogen and oxygen atoms in total. The van der Waals surface area contributed by atoms with E-state index in [0.29, 0.717) is 5.92 Å². The van der Waals surface area contributed by atoms with E-state index in [1.54, 1.807) is 0 Å². The minimum absolute atomic E-state index is 0.0594. The van der Waals surface area contributed by atoms with Gasteiger partial charge < -0.3 is 11.1 Å². The second-order valence-corrected chi connectivity index (χ2v) is 6.04. The van der Waals surface area contributed by atoms with Gasteiger partial charge in [0.2, 0.25) is 5.91 Å². The van der Waals surface area contributed by atoms with Gasteiger partial charge in [0.05, 0.1) is 6.54 Å². The zero-order valence-corrected chi connectivity index (χ0v) is 12.5. The molecule has 1 aliphatic carbocycles. The quantitative estimate of drug-likeness (QED) is 0.877. The number of hydrogen-bond acceptors (Lipinski definition) is 2. The Hall–Kier alpha value is -1.06. The topological polar surface area (TPSA) is 55.1 Å². The number of nitrogens with two attached hydrogens (primary N) is 1. The standard InChI is InChI=1S/C16H23ClN2O/c17-14-8-6-12(7-9-14)10-15(19-16(20)11-18)13-4-2-1-3-5-13/h6-9,13,15H,1-5,10-11,18H2,(H,19,20). The van der Waals surface area contributed by atoms with E-state index in [9.17, 15) is 4.79 Å². The highest BCUT2D eigenvalue weighted by Crippen LogP contribution is 2.28. The molecular weight excluding hydrogens is 272 g/mol. The summed E-state index contributed by atoms with van der Waals surface area (Å²) in [6.45, 7) is 0.0594. The first-order valence-corrected chi connectivity index (χ1v) is 7.80. The summed E-state index contributed by atoms with van der Waals surface area (Å²) in [5.74, 6) is 0.504. The summed E-state index contributed by atoms with van der Waals surface area (Å²) in [6.07, 6.45) is 7.09. The van der Waals surface area contributed by atoms with Crippen molar-refractivity contribution in [3.05, 3.63) is 34.9 Å². The normalized spacial score (nSPS) is 17.7. The maximum absolute atomic E-state index is 11.7. The van der Waals surface area contributed by atoms with E-state index in [0.717, 1.165) is 11.4 Å². The van der Waals surface area contributed by atoms with Gasteiger partial charge in [-0.05, 0) is 42.9 Å². The van der Waals surface area contributed by atoms with Crippen LogP contribution in [0.1, 0.15) is 37.7 Å². The number of benzene rings is 1. The summed E-state index contributed by atoms with van der Waals surface area (Å²) < 4.78 is 0. The molecule has 0 aliphatic heterocycles. The minimum Gasteiger partial charge on any atom is -0.352 e. The fourth-order valence-corrected chi connectivity index (χ4v) is 3.14. The summed E-state index contributed by atoms with van der Waals surface area (Å²) in [4.78, 5) is 11.7. The van der Waals surface area contributed by atoms with Crippen LogP contribution in [0.5, 0.6) is 0 Å². The minimum atomic E-state index is -0.0606. The molecular formula is C16H23ClN2O. The molecule has 1 unspecified atom stereocenters. The molecule has 0 saturated heterocycles. The lowest BCUT2D eigenvalue weighted by molar-refractivity contribution is -0.120. The van der Waals surface area contributed by atoms with E-state index >= 15 is 0 Å². The van der Waals surface area contributed by atoms with Gasteiger partial charge in [0, 0.05) is 11.1 Å². The predicted molar refractivity (Wildman–Crippen MR) is 82.7 cm³/mol. The highest BCUT2D eigenvalue weighted by atomic mass is 35.5. The number of nitrogens with one attached hydrogen (secondary N) is 1. The zero-order valence-electron chi connectivity index (χ0n) is 11.8. The predicted octanol–water partition coefficient (Wildman–Crippen LogP) is 2.91. The van der Waals surface area contributed by atoms with Crippen LogP contribution in [0.25, 0.3) is 0 Å². The Labute approximate surface area is 125 Å². The Kier molecular flexibility index (Phi) is 5.86. The summed E-state index contributed by atoms with van der Waals surface area (Å²) in [7, 11) is 0. The third-order valence-electron chi connectivity index (χ3n) is 4.12. The van der Waals surface area contributed by atoms with Crippen LogP contribution < -0.4 is 11.1 Å². The number of amides is 1.